The Bertz CT molecular complexity index is 862. The Hall–Kier alpha value is -1.86. The van der Waals surface area contributed by atoms with Crippen LogP contribution < -0.4 is 10.1 Å². The van der Waals surface area contributed by atoms with E-state index < -0.39 is 5.97 Å². The maximum atomic E-state index is 12.4. The van der Waals surface area contributed by atoms with E-state index in [0.29, 0.717) is 16.3 Å². The number of nitrogens with one attached hydrogen (secondary N) is 1. The van der Waals surface area contributed by atoms with Gasteiger partial charge in [0.2, 0.25) is 0 Å². The number of hydrogen-bond acceptors (Lipinski definition) is 5. The molecule has 0 saturated carbocycles. The molecule has 1 aliphatic carbocycles. The van der Waals surface area contributed by atoms with E-state index in [-0.39, 0.29) is 12.5 Å². The highest BCUT2D eigenvalue weighted by molar-refractivity contribution is 9.10. The van der Waals surface area contributed by atoms with E-state index in [1.807, 2.05) is 25.1 Å². The molecule has 0 atom stereocenters. The van der Waals surface area contributed by atoms with Crippen LogP contribution in [0.1, 0.15) is 46.1 Å². The Labute approximate surface area is 171 Å². The number of esters is 1. The van der Waals surface area contributed by atoms with E-state index in [4.69, 9.17) is 9.47 Å². The van der Waals surface area contributed by atoms with Gasteiger partial charge in [-0.05, 0) is 61.4 Å². The van der Waals surface area contributed by atoms with Gasteiger partial charge in [-0.3, -0.25) is 4.79 Å². The monoisotopic (exact) mass is 451 g/mol. The highest BCUT2D eigenvalue weighted by Gasteiger charge is 2.27. The van der Waals surface area contributed by atoms with Crippen molar-refractivity contribution in [2.75, 3.05) is 19.0 Å². The molecule has 1 aliphatic rings. The highest BCUT2D eigenvalue weighted by Crippen LogP contribution is 2.38. The SMILES string of the molecule is CCc1cc(Br)ccc1OCC(=O)Nc1sc2c(c1C(=O)OC)CCCC2. The van der Waals surface area contributed by atoms with Crippen LogP contribution in [0.5, 0.6) is 5.75 Å². The number of ether oxygens (including phenoxy) is 2. The van der Waals surface area contributed by atoms with Crippen molar-refractivity contribution >= 4 is 44.1 Å². The van der Waals surface area contributed by atoms with E-state index in [9.17, 15) is 9.59 Å². The molecule has 0 unspecified atom stereocenters. The minimum absolute atomic E-state index is 0.113. The number of anilines is 1. The molecule has 1 aromatic carbocycles. The lowest BCUT2D eigenvalue weighted by molar-refractivity contribution is -0.118. The largest absolute Gasteiger partial charge is 0.483 e. The van der Waals surface area contributed by atoms with Crippen LogP contribution in [0, 0.1) is 0 Å². The minimum Gasteiger partial charge on any atom is -0.483 e. The average Bonchev–Trinajstić information content (AvgIpc) is 3.03. The second-order valence-corrected chi connectivity index (χ2v) is 8.37. The predicted molar refractivity (Wildman–Crippen MR) is 110 cm³/mol. The molecule has 0 saturated heterocycles. The van der Waals surface area contributed by atoms with Crippen molar-refractivity contribution in [3.63, 3.8) is 0 Å². The summed E-state index contributed by atoms with van der Waals surface area (Å²) in [5.74, 6) is 0.00466. The summed E-state index contributed by atoms with van der Waals surface area (Å²) in [4.78, 5) is 25.8. The number of hydrogen-bond donors (Lipinski definition) is 1. The Balaban J connectivity index is 1.73. The lowest BCUT2D eigenvalue weighted by atomic mass is 9.95. The topological polar surface area (TPSA) is 64.6 Å². The van der Waals surface area contributed by atoms with Crippen molar-refractivity contribution in [1.29, 1.82) is 0 Å². The molecule has 1 amide bonds. The molecule has 1 aromatic heterocycles. The molecular formula is C20H22BrNO4S. The number of carbonyl (C=O) groups excluding carboxylic acids is 2. The molecule has 1 N–H and O–H groups in total. The van der Waals surface area contributed by atoms with Gasteiger partial charge >= 0.3 is 5.97 Å². The Morgan fingerprint density at radius 2 is 2.04 bits per heavy atom. The smallest absolute Gasteiger partial charge is 0.341 e. The third kappa shape index (κ3) is 4.52. The van der Waals surface area contributed by atoms with E-state index in [1.165, 1.54) is 23.3 Å². The van der Waals surface area contributed by atoms with Crippen molar-refractivity contribution < 1.29 is 19.1 Å². The fraction of sp³-hybridized carbons (Fsp3) is 0.400. The summed E-state index contributed by atoms with van der Waals surface area (Å²) in [7, 11) is 1.36. The maximum absolute atomic E-state index is 12.4. The number of thiophene rings is 1. The normalized spacial score (nSPS) is 13.0. The van der Waals surface area contributed by atoms with Gasteiger partial charge in [-0.2, -0.15) is 0 Å². The summed E-state index contributed by atoms with van der Waals surface area (Å²) >= 11 is 4.91. The zero-order valence-corrected chi connectivity index (χ0v) is 17.8. The van der Waals surface area contributed by atoms with E-state index in [2.05, 4.69) is 21.2 Å². The van der Waals surface area contributed by atoms with Crippen molar-refractivity contribution in [2.45, 2.75) is 39.0 Å². The molecule has 5 nitrogen and oxygen atoms in total. The van der Waals surface area contributed by atoms with Gasteiger partial charge < -0.3 is 14.8 Å². The zero-order chi connectivity index (χ0) is 19.4. The fourth-order valence-electron chi connectivity index (χ4n) is 3.24. The minimum atomic E-state index is -0.396. The van der Waals surface area contributed by atoms with Crippen LogP contribution in [0.4, 0.5) is 5.00 Å². The number of halogens is 1. The van der Waals surface area contributed by atoms with Crippen LogP contribution in [-0.4, -0.2) is 25.6 Å². The first-order chi connectivity index (χ1) is 13.0. The van der Waals surface area contributed by atoms with Gasteiger partial charge in [0.25, 0.3) is 5.91 Å². The Morgan fingerprint density at radius 3 is 2.78 bits per heavy atom. The molecular weight excluding hydrogens is 430 g/mol. The number of methoxy groups -OCH3 is 1. The molecule has 0 spiro atoms. The molecule has 0 radical (unpaired) electrons. The number of fused-ring (bicyclic) bond motifs is 1. The van der Waals surface area contributed by atoms with Crippen LogP contribution in [0.3, 0.4) is 0 Å². The van der Waals surface area contributed by atoms with E-state index >= 15 is 0 Å². The van der Waals surface area contributed by atoms with E-state index in [1.54, 1.807) is 0 Å². The second-order valence-electron chi connectivity index (χ2n) is 6.35. The zero-order valence-electron chi connectivity index (χ0n) is 15.4. The summed E-state index contributed by atoms with van der Waals surface area (Å²) in [6.07, 6.45) is 4.75. The summed E-state index contributed by atoms with van der Waals surface area (Å²) in [6.45, 7) is 1.92. The molecule has 0 fully saturated rings. The summed E-state index contributed by atoms with van der Waals surface area (Å²) < 4.78 is 11.6. The van der Waals surface area contributed by atoms with E-state index in [0.717, 1.165) is 47.7 Å². The summed E-state index contributed by atoms with van der Waals surface area (Å²) in [5, 5.41) is 3.41. The van der Waals surface area contributed by atoms with Crippen LogP contribution in [0.25, 0.3) is 0 Å². The van der Waals surface area contributed by atoms with Gasteiger partial charge in [0.1, 0.15) is 10.8 Å². The van der Waals surface area contributed by atoms with Crippen molar-refractivity contribution in [1.82, 2.24) is 0 Å². The number of benzene rings is 1. The maximum Gasteiger partial charge on any atom is 0.341 e. The second kappa shape index (κ2) is 8.89. The average molecular weight is 452 g/mol. The molecule has 1 heterocycles. The van der Waals surface area contributed by atoms with Crippen LogP contribution >= 0.6 is 27.3 Å². The molecule has 0 bridgehead atoms. The lowest BCUT2D eigenvalue weighted by Gasteiger charge is -2.12. The van der Waals surface area contributed by atoms with Crippen molar-refractivity contribution in [2.24, 2.45) is 0 Å². The summed E-state index contributed by atoms with van der Waals surface area (Å²) in [5.41, 5.74) is 2.55. The first-order valence-corrected chi connectivity index (χ1v) is 10.6. The first-order valence-electron chi connectivity index (χ1n) is 8.97. The fourth-order valence-corrected chi connectivity index (χ4v) is 4.95. The van der Waals surface area contributed by atoms with Gasteiger partial charge in [-0.25, -0.2) is 4.79 Å². The predicted octanol–water partition coefficient (Wildman–Crippen LogP) is 4.76. The lowest BCUT2D eigenvalue weighted by Crippen LogP contribution is -2.21. The molecule has 144 valence electrons. The molecule has 3 rings (SSSR count). The van der Waals surface area contributed by atoms with Gasteiger partial charge in [0.05, 0.1) is 12.7 Å². The number of rotatable bonds is 6. The van der Waals surface area contributed by atoms with Gasteiger partial charge in [0, 0.05) is 9.35 Å². The standard InChI is InChI=1S/C20H22BrNO4S/c1-3-12-10-13(21)8-9-15(12)26-11-17(23)22-19-18(20(24)25-2)14-6-4-5-7-16(14)27-19/h8-10H,3-7,11H2,1-2H3,(H,22,23). The Morgan fingerprint density at radius 1 is 1.26 bits per heavy atom. The number of aryl methyl sites for hydroxylation is 2. The third-order valence-corrected chi connectivity index (χ3v) is 6.28. The quantitative estimate of drug-likeness (QED) is 0.643. The van der Waals surface area contributed by atoms with Gasteiger partial charge in [0.15, 0.2) is 6.61 Å². The molecule has 7 heteroatoms. The Kier molecular flexibility index (Phi) is 6.55. The first kappa shape index (κ1) is 19.9. The number of carbonyl (C=O) groups is 2. The van der Waals surface area contributed by atoms with Gasteiger partial charge in [-0.15, -0.1) is 11.3 Å². The van der Waals surface area contributed by atoms with Gasteiger partial charge in [-0.1, -0.05) is 22.9 Å². The summed E-state index contributed by atoms with van der Waals surface area (Å²) in [6, 6.07) is 5.71. The van der Waals surface area contributed by atoms with Crippen LogP contribution in [0.15, 0.2) is 22.7 Å². The van der Waals surface area contributed by atoms with Crippen molar-refractivity contribution in [3.8, 4) is 5.75 Å². The van der Waals surface area contributed by atoms with Crippen LogP contribution in [0.2, 0.25) is 0 Å². The number of amides is 1. The van der Waals surface area contributed by atoms with Crippen LogP contribution in [-0.2, 0) is 28.8 Å². The van der Waals surface area contributed by atoms with Crippen molar-refractivity contribution in [3.05, 3.63) is 44.2 Å². The molecule has 27 heavy (non-hydrogen) atoms. The molecule has 2 aromatic rings. The highest BCUT2D eigenvalue weighted by atomic mass is 79.9. The molecule has 0 aliphatic heterocycles. The third-order valence-electron chi connectivity index (χ3n) is 4.58.